The molecule has 1 aliphatic heterocycles. The maximum Gasteiger partial charge on any atom is 0.341 e. The van der Waals surface area contributed by atoms with E-state index in [1.54, 1.807) is 12.1 Å². The third kappa shape index (κ3) is 6.01. The summed E-state index contributed by atoms with van der Waals surface area (Å²) in [5.41, 5.74) is 0.517. The third-order valence-electron chi connectivity index (χ3n) is 4.81. The molecule has 1 aromatic carbocycles. The molecule has 3 rings (SSSR count). The summed E-state index contributed by atoms with van der Waals surface area (Å²) in [6.07, 6.45) is 3.94. The molecule has 1 heterocycles. The molecule has 1 atom stereocenters. The van der Waals surface area contributed by atoms with Crippen molar-refractivity contribution in [2.75, 3.05) is 6.67 Å². The van der Waals surface area contributed by atoms with Gasteiger partial charge < -0.3 is 14.3 Å². The van der Waals surface area contributed by atoms with E-state index in [-0.39, 0.29) is 29.6 Å². The molecular formula is C21H28F2O4. The molecule has 0 amide bonds. The molecule has 6 heteroatoms. The number of fused-ring (bicyclic) bond motifs is 1. The average molecular weight is 382 g/mol. The number of carbonyl (C=O) groups excluding carboxylic acids is 2. The lowest BCUT2D eigenvalue weighted by atomic mass is 9.89. The second kappa shape index (κ2) is 9.81. The van der Waals surface area contributed by atoms with E-state index < -0.39 is 24.6 Å². The van der Waals surface area contributed by atoms with Crippen LogP contribution >= 0.6 is 0 Å². The Morgan fingerprint density at radius 3 is 2.44 bits per heavy atom. The monoisotopic (exact) mass is 382 g/mol. The van der Waals surface area contributed by atoms with Gasteiger partial charge in [0.15, 0.2) is 11.6 Å². The zero-order valence-electron chi connectivity index (χ0n) is 16.2. The molecule has 0 radical (unpaired) electrons. The molecule has 1 aliphatic carbocycles. The summed E-state index contributed by atoms with van der Waals surface area (Å²) >= 11 is 0. The van der Waals surface area contributed by atoms with Crippen molar-refractivity contribution in [1.29, 1.82) is 0 Å². The maximum atomic E-state index is 14.6. The fourth-order valence-electron chi connectivity index (χ4n) is 3.39. The quantitative estimate of drug-likeness (QED) is 0.701. The fraction of sp³-hybridized carbons (Fsp3) is 0.619. The highest BCUT2D eigenvalue weighted by Gasteiger charge is 2.31. The highest BCUT2D eigenvalue weighted by atomic mass is 19.1. The van der Waals surface area contributed by atoms with Gasteiger partial charge in [-0.15, -0.1) is 0 Å². The Morgan fingerprint density at radius 1 is 1.22 bits per heavy atom. The molecule has 1 saturated carbocycles. The van der Waals surface area contributed by atoms with Gasteiger partial charge in [-0.2, -0.15) is 0 Å². The van der Waals surface area contributed by atoms with Crippen LogP contribution in [0.4, 0.5) is 8.78 Å². The zero-order valence-corrected chi connectivity index (χ0v) is 16.2. The first-order chi connectivity index (χ1) is 12.8. The van der Waals surface area contributed by atoms with Crippen LogP contribution in [0, 0.1) is 11.7 Å². The van der Waals surface area contributed by atoms with Gasteiger partial charge in [0, 0.05) is 12.8 Å². The smallest absolute Gasteiger partial charge is 0.341 e. The van der Waals surface area contributed by atoms with E-state index in [1.807, 2.05) is 0 Å². The Morgan fingerprint density at radius 2 is 1.85 bits per heavy atom. The van der Waals surface area contributed by atoms with E-state index in [0.29, 0.717) is 17.9 Å². The van der Waals surface area contributed by atoms with E-state index in [2.05, 4.69) is 6.92 Å². The van der Waals surface area contributed by atoms with Gasteiger partial charge in [0.25, 0.3) is 0 Å². The number of carbonyl (C=O) groups is 2. The molecule has 2 aliphatic rings. The number of esters is 1. The van der Waals surface area contributed by atoms with Gasteiger partial charge in [-0.3, -0.25) is 4.39 Å². The lowest BCUT2D eigenvalue weighted by Crippen LogP contribution is -2.30. The summed E-state index contributed by atoms with van der Waals surface area (Å²) < 4.78 is 38.0. The van der Waals surface area contributed by atoms with Crippen LogP contribution in [0.3, 0.4) is 0 Å². The molecule has 0 spiro atoms. The van der Waals surface area contributed by atoms with Gasteiger partial charge in [-0.1, -0.05) is 13.0 Å². The number of rotatable bonds is 4. The number of ether oxygens (including phenoxy) is 2. The minimum absolute atomic E-state index is 0.00218. The lowest BCUT2D eigenvalue weighted by molar-refractivity contribution is -0.115. The molecule has 0 bridgehead atoms. The van der Waals surface area contributed by atoms with Crippen LogP contribution in [-0.2, 0) is 16.0 Å². The van der Waals surface area contributed by atoms with Gasteiger partial charge in [0.2, 0.25) is 0 Å². The second-order valence-electron chi connectivity index (χ2n) is 7.53. The SMILES string of the molecule is CC(C)=O.CC1CCC(Oc2ccc3c(c2F)C(=O)OC(CCF)C3)CC1. The Bertz CT molecular complexity index is 662. The third-order valence-corrected chi connectivity index (χ3v) is 4.81. The largest absolute Gasteiger partial charge is 0.487 e. The minimum atomic E-state index is -0.718. The Balaban J connectivity index is 0.000000596. The molecule has 4 nitrogen and oxygen atoms in total. The van der Waals surface area contributed by atoms with Gasteiger partial charge in [0.1, 0.15) is 17.5 Å². The van der Waals surface area contributed by atoms with E-state index >= 15 is 0 Å². The van der Waals surface area contributed by atoms with Crippen LogP contribution in [0.2, 0.25) is 0 Å². The van der Waals surface area contributed by atoms with Crippen molar-refractivity contribution in [2.24, 2.45) is 5.92 Å². The predicted molar refractivity (Wildman–Crippen MR) is 98.3 cm³/mol. The zero-order chi connectivity index (χ0) is 20.0. The van der Waals surface area contributed by atoms with Gasteiger partial charge in [-0.05, 0) is 57.1 Å². The standard InChI is InChI=1S/C18H22F2O3.C3H6O/c1-11-2-5-13(6-3-11)22-15-7-4-12-10-14(8-9-19)23-18(21)16(12)17(15)20;1-3(2)4/h4,7,11,13-14H,2-3,5-6,8-10H2,1H3;1-2H3. The van der Waals surface area contributed by atoms with Crippen molar-refractivity contribution in [1.82, 2.24) is 0 Å². The van der Waals surface area contributed by atoms with Crippen LogP contribution < -0.4 is 4.74 Å². The number of halogens is 2. The number of benzene rings is 1. The van der Waals surface area contributed by atoms with Gasteiger partial charge in [0.05, 0.1) is 12.8 Å². The number of cyclic esters (lactones) is 1. The van der Waals surface area contributed by atoms with Gasteiger partial charge in [-0.25, -0.2) is 9.18 Å². The number of Topliss-reactive ketones (excluding diaryl/α,β-unsaturated/α-hetero) is 1. The van der Waals surface area contributed by atoms with Gasteiger partial charge >= 0.3 is 5.97 Å². The number of ketones is 1. The van der Waals surface area contributed by atoms with Crippen molar-refractivity contribution in [3.8, 4) is 5.75 Å². The van der Waals surface area contributed by atoms with Crippen LogP contribution in [0.25, 0.3) is 0 Å². The molecule has 0 saturated heterocycles. The number of alkyl halides is 1. The van der Waals surface area contributed by atoms with Crippen molar-refractivity contribution in [2.45, 2.75) is 71.5 Å². The Labute approximate surface area is 159 Å². The topological polar surface area (TPSA) is 52.6 Å². The molecule has 1 aromatic rings. The van der Waals surface area contributed by atoms with E-state index in [4.69, 9.17) is 9.47 Å². The highest BCUT2D eigenvalue weighted by molar-refractivity contribution is 5.93. The second-order valence-corrected chi connectivity index (χ2v) is 7.53. The van der Waals surface area contributed by atoms with Crippen molar-refractivity contribution in [3.05, 3.63) is 29.1 Å². The molecule has 1 unspecified atom stereocenters. The van der Waals surface area contributed by atoms with Crippen LogP contribution in [0.1, 0.15) is 68.8 Å². The average Bonchev–Trinajstić information content (AvgIpc) is 2.59. The Kier molecular flexibility index (Phi) is 7.75. The van der Waals surface area contributed by atoms with Crippen LogP contribution in [0.15, 0.2) is 12.1 Å². The van der Waals surface area contributed by atoms with E-state index in [0.717, 1.165) is 25.7 Å². The first kappa shape index (κ1) is 21.3. The predicted octanol–water partition coefficient (Wildman–Crippen LogP) is 4.82. The highest BCUT2D eigenvalue weighted by Crippen LogP contribution is 2.33. The maximum absolute atomic E-state index is 14.6. The Hall–Kier alpha value is -1.98. The molecule has 0 aromatic heterocycles. The van der Waals surface area contributed by atoms with Crippen LogP contribution in [-0.4, -0.2) is 30.6 Å². The summed E-state index contributed by atoms with van der Waals surface area (Å²) in [5.74, 6) is -0.399. The first-order valence-corrected chi connectivity index (χ1v) is 9.54. The minimum Gasteiger partial charge on any atom is -0.487 e. The summed E-state index contributed by atoms with van der Waals surface area (Å²) in [7, 11) is 0. The van der Waals surface area contributed by atoms with Crippen molar-refractivity contribution in [3.63, 3.8) is 0 Å². The lowest BCUT2D eigenvalue weighted by Gasteiger charge is -2.28. The molecule has 27 heavy (non-hydrogen) atoms. The van der Waals surface area contributed by atoms with Crippen molar-refractivity contribution < 1.29 is 27.8 Å². The summed E-state index contributed by atoms with van der Waals surface area (Å²) in [6.45, 7) is 4.70. The molecule has 1 fully saturated rings. The molecule has 0 N–H and O–H groups in total. The number of hydrogen-bond acceptors (Lipinski definition) is 4. The summed E-state index contributed by atoms with van der Waals surface area (Å²) in [4.78, 5) is 21.5. The molecular weight excluding hydrogens is 354 g/mol. The summed E-state index contributed by atoms with van der Waals surface area (Å²) in [5, 5.41) is 0. The first-order valence-electron chi connectivity index (χ1n) is 9.54. The van der Waals surface area contributed by atoms with Crippen molar-refractivity contribution >= 4 is 11.8 Å². The van der Waals surface area contributed by atoms with E-state index in [1.165, 1.54) is 13.8 Å². The number of hydrogen-bond donors (Lipinski definition) is 0. The summed E-state index contributed by atoms with van der Waals surface area (Å²) in [6, 6.07) is 3.28. The fourth-order valence-corrected chi connectivity index (χ4v) is 3.39. The van der Waals surface area contributed by atoms with E-state index in [9.17, 15) is 18.4 Å². The van der Waals surface area contributed by atoms with Crippen LogP contribution in [0.5, 0.6) is 5.75 Å². The molecule has 150 valence electrons. The normalized spacial score (nSPS) is 24.2.